The molecule has 0 aromatic carbocycles. The number of rotatable bonds is 3. The largest absolute Gasteiger partial charge is 0.394 e. The van der Waals surface area contributed by atoms with Gasteiger partial charge in [-0.3, -0.25) is 4.79 Å². The number of aromatic nitrogens is 2. The monoisotopic (exact) mass is 263 g/mol. The lowest BCUT2D eigenvalue weighted by Crippen LogP contribution is -2.40. The van der Waals surface area contributed by atoms with Gasteiger partial charge in [-0.2, -0.15) is 10.2 Å². The van der Waals surface area contributed by atoms with Crippen molar-refractivity contribution in [3.63, 3.8) is 0 Å². The van der Waals surface area contributed by atoms with Gasteiger partial charge in [-0.15, -0.1) is 0 Å². The zero-order valence-corrected chi connectivity index (χ0v) is 11.8. The Hall–Kier alpha value is -1.49. The van der Waals surface area contributed by atoms with Gasteiger partial charge in [-0.25, -0.2) is 0 Å². The van der Waals surface area contributed by atoms with Crippen LogP contribution in [0.5, 0.6) is 0 Å². The van der Waals surface area contributed by atoms with E-state index in [1.165, 1.54) is 0 Å². The minimum absolute atomic E-state index is 0.0197. The Labute approximate surface area is 113 Å². The number of carbonyl (C=O) groups is 1. The van der Waals surface area contributed by atoms with Crippen molar-refractivity contribution in [3.8, 4) is 0 Å². The molecule has 2 unspecified atom stereocenters. The van der Waals surface area contributed by atoms with Crippen LogP contribution in [0.1, 0.15) is 42.0 Å². The highest BCUT2D eigenvalue weighted by atomic mass is 16.3. The van der Waals surface area contributed by atoms with Crippen LogP contribution >= 0.6 is 0 Å². The summed E-state index contributed by atoms with van der Waals surface area (Å²) in [6, 6.07) is 1.72. The van der Waals surface area contributed by atoms with Crippen molar-refractivity contribution < 1.29 is 9.90 Å². The summed E-state index contributed by atoms with van der Waals surface area (Å²) in [5.41, 5.74) is 2.10. The lowest BCUT2D eigenvalue weighted by Gasteiger charge is -2.25. The molecule has 1 amide bonds. The standard InChI is InChI=1S/C14H21N3O2/c1-4-12-11(7-10(3)15-16-12)14(19)17-6-5-9(2)13(17)8-18/h7,9,13,18H,4-6,8H2,1-3H3. The zero-order valence-electron chi connectivity index (χ0n) is 11.8. The van der Waals surface area contributed by atoms with Crippen molar-refractivity contribution in [1.82, 2.24) is 15.1 Å². The summed E-state index contributed by atoms with van der Waals surface area (Å²) < 4.78 is 0. The predicted molar refractivity (Wildman–Crippen MR) is 71.8 cm³/mol. The van der Waals surface area contributed by atoms with Gasteiger partial charge in [0.25, 0.3) is 5.91 Å². The molecule has 104 valence electrons. The third-order valence-electron chi connectivity index (χ3n) is 3.89. The van der Waals surface area contributed by atoms with Gasteiger partial charge in [-0.1, -0.05) is 13.8 Å². The van der Waals surface area contributed by atoms with Crippen LogP contribution in [-0.4, -0.2) is 45.3 Å². The molecule has 1 aliphatic heterocycles. The Morgan fingerprint density at radius 1 is 1.53 bits per heavy atom. The van der Waals surface area contributed by atoms with E-state index in [9.17, 15) is 9.90 Å². The molecule has 1 aliphatic rings. The summed E-state index contributed by atoms with van der Waals surface area (Å²) in [5, 5.41) is 17.6. The summed E-state index contributed by atoms with van der Waals surface area (Å²) in [6.45, 7) is 6.60. The molecule has 2 atom stereocenters. The predicted octanol–water partition coefficient (Wildman–Crippen LogP) is 1.19. The molecule has 0 spiro atoms. The molecule has 1 fully saturated rings. The van der Waals surface area contributed by atoms with Crippen molar-refractivity contribution in [3.05, 3.63) is 23.0 Å². The number of aliphatic hydroxyl groups excluding tert-OH is 1. The number of aryl methyl sites for hydroxylation is 2. The maximum absolute atomic E-state index is 12.6. The van der Waals surface area contributed by atoms with Gasteiger partial charge in [0.1, 0.15) is 0 Å². The quantitative estimate of drug-likeness (QED) is 0.889. The number of carbonyl (C=O) groups excluding carboxylic acids is 1. The van der Waals surface area contributed by atoms with Crippen molar-refractivity contribution in [2.45, 2.75) is 39.7 Å². The lowest BCUT2D eigenvalue weighted by atomic mass is 10.0. The SMILES string of the molecule is CCc1nnc(C)cc1C(=O)N1CCC(C)C1CO. The average Bonchev–Trinajstić information content (AvgIpc) is 2.78. The van der Waals surface area contributed by atoms with Gasteiger partial charge in [0.15, 0.2) is 0 Å². The van der Waals surface area contributed by atoms with E-state index in [1.807, 2.05) is 13.8 Å². The number of aliphatic hydroxyl groups is 1. The molecule has 5 heteroatoms. The minimum Gasteiger partial charge on any atom is -0.394 e. The van der Waals surface area contributed by atoms with Gasteiger partial charge < -0.3 is 10.0 Å². The Balaban J connectivity index is 2.31. The van der Waals surface area contributed by atoms with E-state index < -0.39 is 0 Å². The number of hydrogen-bond acceptors (Lipinski definition) is 4. The molecular weight excluding hydrogens is 242 g/mol. The van der Waals surface area contributed by atoms with E-state index in [0.717, 1.165) is 17.8 Å². The summed E-state index contributed by atoms with van der Waals surface area (Å²) in [4.78, 5) is 14.4. The lowest BCUT2D eigenvalue weighted by molar-refractivity contribution is 0.0646. The van der Waals surface area contributed by atoms with Gasteiger partial charge in [-0.05, 0) is 31.7 Å². The molecule has 2 rings (SSSR count). The molecule has 2 heterocycles. The van der Waals surface area contributed by atoms with Crippen LogP contribution < -0.4 is 0 Å². The second-order valence-corrected chi connectivity index (χ2v) is 5.21. The number of amides is 1. The second-order valence-electron chi connectivity index (χ2n) is 5.21. The van der Waals surface area contributed by atoms with Gasteiger partial charge in [0.05, 0.1) is 29.6 Å². The average molecular weight is 263 g/mol. The van der Waals surface area contributed by atoms with Crippen molar-refractivity contribution in [1.29, 1.82) is 0 Å². The maximum Gasteiger partial charge on any atom is 0.256 e. The number of nitrogens with zero attached hydrogens (tertiary/aromatic N) is 3. The first-order valence-electron chi connectivity index (χ1n) is 6.83. The molecule has 1 N–H and O–H groups in total. The summed E-state index contributed by atoms with van der Waals surface area (Å²) in [5.74, 6) is 0.313. The highest BCUT2D eigenvalue weighted by Gasteiger charge is 2.35. The van der Waals surface area contributed by atoms with Gasteiger partial charge in [0.2, 0.25) is 0 Å². The first-order chi connectivity index (χ1) is 9.08. The van der Waals surface area contributed by atoms with Gasteiger partial charge >= 0.3 is 0 Å². The van der Waals surface area contributed by atoms with Crippen LogP contribution in [0.3, 0.4) is 0 Å². The molecule has 5 nitrogen and oxygen atoms in total. The van der Waals surface area contributed by atoms with E-state index in [4.69, 9.17) is 0 Å². The second kappa shape index (κ2) is 5.65. The van der Waals surface area contributed by atoms with E-state index in [1.54, 1.807) is 11.0 Å². The molecular formula is C14H21N3O2. The van der Waals surface area contributed by atoms with E-state index in [2.05, 4.69) is 17.1 Å². The van der Waals surface area contributed by atoms with Crippen molar-refractivity contribution >= 4 is 5.91 Å². The molecule has 0 bridgehead atoms. The van der Waals surface area contributed by atoms with E-state index in [-0.39, 0.29) is 18.6 Å². The van der Waals surface area contributed by atoms with Crippen molar-refractivity contribution in [2.75, 3.05) is 13.2 Å². The molecule has 1 aromatic heterocycles. The smallest absolute Gasteiger partial charge is 0.256 e. The summed E-state index contributed by atoms with van der Waals surface area (Å²) in [6.07, 6.45) is 1.62. The molecule has 0 saturated carbocycles. The third kappa shape index (κ3) is 2.61. The van der Waals surface area contributed by atoms with Crippen LogP contribution in [0, 0.1) is 12.8 Å². The zero-order chi connectivity index (χ0) is 14.0. The number of hydrogen-bond donors (Lipinski definition) is 1. The molecule has 19 heavy (non-hydrogen) atoms. The Kier molecular flexibility index (Phi) is 4.14. The first-order valence-corrected chi connectivity index (χ1v) is 6.83. The van der Waals surface area contributed by atoms with Crippen LogP contribution in [0.2, 0.25) is 0 Å². The highest BCUT2D eigenvalue weighted by molar-refractivity contribution is 5.95. The van der Waals surface area contributed by atoms with E-state index in [0.29, 0.717) is 24.4 Å². The molecule has 1 saturated heterocycles. The fourth-order valence-corrected chi connectivity index (χ4v) is 2.65. The Morgan fingerprint density at radius 3 is 2.89 bits per heavy atom. The molecule has 0 radical (unpaired) electrons. The first kappa shape index (κ1) is 13.9. The summed E-state index contributed by atoms with van der Waals surface area (Å²) >= 11 is 0. The summed E-state index contributed by atoms with van der Waals surface area (Å²) in [7, 11) is 0. The fraction of sp³-hybridized carbons (Fsp3) is 0.643. The topological polar surface area (TPSA) is 66.3 Å². The van der Waals surface area contributed by atoms with Crippen molar-refractivity contribution in [2.24, 2.45) is 5.92 Å². The third-order valence-corrected chi connectivity index (χ3v) is 3.89. The Bertz CT molecular complexity index is 476. The molecule has 0 aliphatic carbocycles. The molecule has 1 aromatic rings. The van der Waals surface area contributed by atoms with E-state index >= 15 is 0 Å². The van der Waals surface area contributed by atoms with Crippen LogP contribution in [0.4, 0.5) is 0 Å². The number of likely N-dealkylation sites (tertiary alicyclic amines) is 1. The normalized spacial score (nSPS) is 22.8. The minimum atomic E-state index is -0.0781. The van der Waals surface area contributed by atoms with Crippen LogP contribution in [0.15, 0.2) is 6.07 Å². The fourth-order valence-electron chi connectivity index (χ4n) is 2.65. The van der Waals surface area contributed by atoms with Crippen LogP contribution in [-0.2, 0) is 6.42 Å². The van der Waals surface area contributed by atoms with Crippen LogP contribution in [0.25, 0.3) is 0 Å². The highest BCUT2D eigenvalue weighted by Crippen LogP contribution is 2.26. The van der Waals surface area contributed by atoms with Gasteiger partial charge in [0, 0.05) is 6.54 Å². The Morgan fingerprint density at radius 2 is 2.26 bits per heavy atom. The maximum atomic E-state index is 12.6.